The second-order valence-corrected chi connectivity index (χ2v) is 7.42. The molecule has 2 atom stereocenters. The van der Waals surface area contributed by atoms with Gasteiger partial charge < -0.3 is 4.55 Å². The van der Waals surface area contributed by atoms with E-state index in [-0.39, 0.29) is 5.25 Å². The van der Waals surface area contributed by atoms with E-state index in [4.69, 9.17) is 5.26 Å². The van der Waals surface area contributed by atoms with Gasteiger partial charge in [-0.2, -0.15) is 0 Å². The molecular formula is C17H36O4S. The Balaban J connectivity index is 3.50. The summed E-state index contributed by atoms with van der Waals surface area (Å²) >= 11 is -1.67. The lowest BCUT2D eigenvalue weighted by Gasteiger charge is -2.12. The van der Waals surface area contributed by atoms with Gasteiger partial charge in [-0.15, -0.1) is 0 Å². The van der Waals surface area contributed by atoms with Crippen LogP contribution in [0.5, 0.6) is 0 Å². The predicted molar refractivity (Wildman–Crippen MR) is 93.5 cm³/mol. The van der Waals surface area contributed by atoms with E-state index in [2.05, 4.69) is 11.8 Å². The summed E-state index contributed by atoms with van der Waals surface area (Å²) in [6.45, 7) is 2.63. The van der Waals surface area contributed by atoms with Crippen LogP contribution in [0.15, 0.2) is 0 Å². The van der Waals surface area contributed by atoms with Gasteiger partial charge in [0.05, 0.1) is 11.9 Å². The van der Waals surface area contributed by atoms with Crippen molar-refractivity contribution in [2.75, 3.05) is 6.61 Å². The van der Waals surface area contributed by atoms with E-state index >= 15 is 0 Å². The monoisotopic (exact) mass is 336 g/mol. The average molecular weight is 337 g/mol. The highest BCUT2D eigenvalue weighted by Gasteiger charge is 2.14. The molecular weight excluding hydrogens is 300 g/mol. The third kappa shape index (κ3) is 14.9. The van der Waals surface area contributed by atoms with Crippen LogP contribution < -0.4 is 0 Å². The van der Waals surface area contributed by atoms with Crippen LogP contribution in [0.25, 0.3) is 0 Å². The Labute approximate surface area is 139 Å². The van der Waals surface area contributed by atoms with Crippen molar-refractivity contribution in [3.05, 3.63) is 0 Å². The molecule has 0 aliphatic carbocycles. The van der Waals surface area contributed by atoms with Crippen LogP contribution in [0.3, 0.4) is 0 Å². The molecule has 22 heavy (non-hydrogen) atoms. The summed E-state index contributed by atoms with van der Waals surface area (Å²) < 4.78 is 20.8. The van der Waals surface area contributed by atoms with E-state index in [0.29, 0.717) is 6.61 Å². The maximum absolute atomic E-state index is 11.4. The van der Waals surface area contributed by atoms with Gasteiger partial charge in [-0.25, -0.2) is 9.10 Å². The van der Waals surface area contributed by atoms with Gasteiger partial charge in [-0.05, 0) is 19.3 Å². The minimum atomic E-state index is -1.67. The molecule has 2 unspecified atom stereocenters. The topological polar surface area (TPSA) is 66.8 Å². The zero-order chi connectivity index (χ0) is 16.5. The van der Waals surface area contributed by atoms with Gasteiger partial charge in [0.25, 0.3) is 0 Å². The first-order valence-electron chi connectivity index (χ1n) is 9.08. The highest BCUT2D eigenvalue weighted by atomic mass is 32.2. The summed E-state index contributed by atoms with van der Waals surface area (Å²) in [5.74, 6) is 0. The van der Waals surface area contributed by atoms with Crippen molar-refractivity contribution in [1.82, 2.24) is 0 Å². The first-order chi connectivity index (χ1) is 10.7. The highest BCUT2D eigenvalue weighted by Crippen LogP contribution is 2.17. The van der Waals surface area contributed by atoms with Gasteiger partial charge in [-0.1, -0.05) is 77.6 Å². The van der Waals surface area contributed by atoms with Gasteiger partial charge in [0.15, 0.2) is 11.1 Å². The molecule has 0 heterocycles. The summed E-state index contributed by atoms with van der Waals surface area (Å²) in [5.41, 5.74) is 0. The van der Waals surface area contributed by atoms with Crippen LogP contribution in [0.1, 0.15) is 96.8 Å². The van der Waals surface area contributed by atoms with Crippen LogP contribution in [-0.2, 0) is 16.0 Å². The minimum absolute atomic E-state index is 0.0334. The molecule has 0 saturated heterocycles. The van der Waals surface area contributed by atoms with Crippen LogP contribution >= 0.6 is 0 Å². The quantitative estimate of drug-likeness (QED) is 0.158. The van der Waals surface area contributed by atoms with Gasteiger partial charge in [-0.3, -0.25) is 5.26 Å². The van der Waals surface area contributed by atoms with Crippen molar-refractivity contribution in [1.29, 1.82) is 0 Å². The lowest BCUT2D eigenvalue weighted by atomic mass is 10.0. The van der Waals surface area contributed by atoms with Gasteiger partial charge >= 0.3 is 0 Å². The Morgan fingerprint density at radius 1 is 0.818 bits per heavy atom. The third-order valence-electron chi connectivity index (χ3n) is 4.18. The third-order valence-corrected chi connectivity index (χ3v) is 5.22. The Morgan fingerprint density at radius 3 is 1.73 bits per heavy atom. The van der Waals surface area contributed by atoms with E-state index in [1.807, 2.05) is 0 Å². The fraction of sp³-hybridized carbons (Fsp3) is 1.00. The van der Waals surface area contributed by atoms with Crippen molar-refractivity contribution in [2.24, 2.45) is 0 Å². The summed E-state index contributed by atoms with van der Waals surface area (Å²) in [7, 11) is 0. The fourth-order valence-corrected chi connectivity index (χ4v) is 3.48. The summed E-state index contributed by atoms with van der Waals surface area (Å²) in [6, 6.07) is 0. The molecule has 0 spiro atoms. The fourth-order valence-electron chi connectivity index (χ4n) is 2.74. The molecule has 0 fully saturated rings. The molecule has 5 heteroatoms. The van der Waals surface area contributed by atoms with E-state index < -0.39 is 11.1 Å². The van der Waals surface area contributed by atoms with Crippen molar-refractivity contribution in [3.63, 3.8) is 0 Å². The van der Waals surface area contributed by atoms with E-state index in [1.54, 1.807) is 0 Å². The highest BCUT2D eigenvalue weighted by molar-refractivity contribution is 7.79. The number of unbranched alkanes of at least 4 members (excludes halogenated alkanes) is 10. The molecule has 0 rings (SSSR count). The zero-order valence-corrected chi connectivity index (χ0v) is 15.1. The Bertz CT molecular complexity index is 249. The molecule has 0 aromatic carbocycles. The smallest absolute Gasteiger partial charge is 0.155 e. The van der Waals surface area contributed by atoms with Gasteiger partial charge in [0.1, 0.15) is 0 Å². The second-order valence-electron chi connectivity index (χ2n) is 6.20. The molecule has 0 aliphatic heterocycles. The summed E-state index contributed by atoms with van der Waals surface area (Å²) in [4.78, 5) is 4.03. The predicted octanol–water partition coefficient (Wildman–Crippen LogP) is 5.55. The molecule has 0 amide bonds. The van der Waals surface area contributed by atoms with Crippen molar-refractivity contribution >= 4 is 11.1 Å². The Morgan fingerprint density at radius 2 is 1.27 bits per heavy atom. The van der Waals surface area contributed by atoms with E-state index in [9.17, 15) is 8.76 Å². The first kappa shape index (κ1) is 22.0. The molecule has 2 N–H and O–H groups in total. The van der Waals surface area contributed by atoms with Crippen molar-refractivity contribution in [3.8, 4) is 0 Å². The van der Waals surface area contributed by atoms with Crippen LogP contribution in [0, 0.1) is 0 Å². The van der Waals surface area contributed by atoms with Gasteiger partial charge in [0.2, 0.25) is 0 Å². The molecule has 0 aliphatic rings. The SMILES string of the molecule is CCCCCCCCC(CCCCCCCCOO)S(=O)O. The molecule has 4 nitrogen and oxygen atoms in total. The lowest BCUT2D eigenvalue weighted by molar-refractivity contribution is -0.242. The normalized spacial score (nSPS) is 14.1. The molecule has 0 bridgehead atoms. The number of rotatable bonds is 17. The zero-order valence-electron chi connectivity index (χ0n) is 14.3. The van der Waals surface area contributed by atoms with Crippen LogP contribution in [-0.4, -0.2) is 25.9 Å². The van der Waals surface area contributed by atoms with Crippen molar-refractivity contribution in [2.45, 2.75) is 102 Å². The minimum Gasteiger partial charge on any atom is -0.306 e. The molecule has 0 saturated carbocycles. The lowest BCUT2D eigenvalue weighted by Crippen LogP contribution is -2.14. The first-order valence-corrected chi connectivity index (χ1v) is 10.2. The molecule has 0 aromatic heterocycles. The molecule has 0 aromatic rings. The summed E-state index contributed by atoms with van der Waals surface area (Å²) in [6.07, 6.45) is 15.6. The van der Waals surface area contributed by atoms with Crippen LogP contribution in [0.4, 0.5) is 0 Å². The Hall–Kier alpha value is 0.0300. The Kier molecular flexibility index (Phi) is 17.4. The largest absolute Gasteiger partial charge is 0.306 e. The van der Waals surface area contributed by atoms with E-state index in [1.165, 1.54) is 32.1 Å². The van der Waals surface area contributed by atoms with Crippen molar-refractivity contribution < 1.29 is 18.9 Å². The number of hydrogen-bond donors (Lipinski definition) is 2. The average Bonchev–Trinajstić information content (AvgIpc) is 2.50. The van der Waals surface area contributed by atoms with E-state index in [0.717, 1.165) is 57.8 Å². The van der Waals surface area contributed by atoms with Gasteiger partial charge in [0, 0.05) is 0 Å². The maximum atomic E-state index is 11.4. The summed E-state index contributed by atoms with van der Waals surface area (Å²) in [5, 5.41) is 8.17. The standard InChI is InChI=1S/C17H36O4S/c1-2-3-4-5-8-11-14-17(22(19)20)15-12-9-6-7-10-13-16-21-18/h17-18H,2-16H2,1H3,(H,19,20). The maximum Gasteiger partial charge on any atom is 0.155 e. The molecule has 134 valence electrons. The number of hydrogen-bond acceptors (Lipinski definition) is 3. The van der Waals surface area contributed by atoms with Crippen LogP contribution in [0.2, 0.25) is 0 Å². The molecule has 0 radical (unpaired) electrons. The second kappa shape index (κ2) is 17.4.